The van der Waals surface area contributed by atoms with Crippen LogP contribution in [0.3, 0.4) is 0 Å². The summed E-state index contributed by atoms with van der Waals surface area (Å²) in [6, 6.07) is 2.00. The molecule has 0 bridgehead atoms. The van der Waals surface area contributed by atoms with Crippen LogP contribution in [0.25, 0.3) is 0 Å². The molecule has 2 heterocycles. The van der Waals surface area contributed by atoms with Gasteiger partial charge in [-0.25, -0.2) is 9.97 Å². The minimum atomic E-state index is 0.568. The van der Waals surface area contributed by atoms with Crippen molar-refractivity contribution in [2.45, 2.75) is 23.6 Å². The molecule has 82 valence electrons. The van der Waals surface area contributed by atoms with Crippen LogP contribution in [0.5, 0.6) is 0 Å². The van der Waals surface area contributed by atoms with Crippen molar-refractivity contribution < 1.29 is 4.74 Å². The topological polar surface area (TPSA) is 47.0 Å². The van der Waals surface area contributed by atoms with Gasteiger partial charge in [-0.3, -0.25) is 0 Å². The molecule has 0 unspecified atom stereocenters. The van der Waals surface area contributed by atoms with Gasteiger partial charge in [0, 0.05) is 12.6 Å². The van der Waals surface area contributed by atoms with Crippen LogP contribution in [0, 0.1) is 0 Å². The Morgan fingerprint density at radius 2 is 2.40 bits per heavy atom. The van der Waals surface area contributed by atoms with Crippen molar-refractivity contribution in [3.63, 3.8) is 0 Å². The number of rotatable bonds is 5. The lowest BCUT2D eigenvalue weighted by Crippen LogP contribution is -2.30. The Labute approximate surface area is 93.8 Å². The largest absolute Gasteiger partial charge is 0.379 e. The number of hydrogen-bond donors (Lipinski definition) is 1. The normalized spacial score (nSPS) is 16.1. The molecule has 1 aromatic rings. The first-order valence-electron chi connectivity index (χ1n) is 5.19. The van der Waals surface area contributed by atoms with E-state index in [0.29, 0.717) is 5.25 Å². The Morgan fingerprint density at radius 3 is 3.07 bits per heavy atom. The van der Waals surface area contributed by atoms with Crippen LogP contribution >= 0.6 is 11.8 Å². The zero-order valence-electron chi connectivity index (χ0n) is 8.77. The number of ether oxygens (including phenoxy) is 1. The molecule has 1 aliphatic heterocycles. The van der Waals surface area contributed by atoms with Gasteiger partial charge in [0.1, 0.15) is 17.2 Å². The van der Waals surface area contributed by atoms with Gasteiger partial charge in [0.05, 0.1) is 18.5 Å². The summed E-state index contributed by atoms with van der Waals surface area (Å²) < 4.78 is 5.12. The maximum atomic E-state index is 5.12. The minimum absolute atomic E-state index is 0.568. The van der Waals surface area contributed by atoms with E-state index < -0.39 is 0 Å². The van der Waals surface area contributed by atoms with E-state index in [-0.39, 0.29) is 0 Å². The number of nitrogens with zero attached hydrogens (tertiary/aromatic N) is 2. The quantitative estimate of drug-likeness (QED) is 0.774. The van der Waals surface area contributed by atoms with Gasteiger partial charge in [0.2, 0.25) is 0 Å². The average Bonchev–Trinajstić information content (AvgIpc) is 2.21. The molecule has 1 aromatic heterocycles. The number of thioether (sulfide) groups is 1. The lowest BCUT2D eigenvalue weighted by Gasteiger charge is -2.24. The van der Waals surface area contributed by atoms with Crippen LogP contribution in [0.4, 0.5) is 5.82 Å². The summed E-state index contributed by atoms with van der Waals surface area (Å²) in [5.41, 5.74) is 0. The monoisotopic (exact) mass is 225 g/mol. The third-order valence-corrected chi connectivity index (χ3v) is 3.16. The van der Waals surface area contributed by atoms with Crippen LogP contribution in [-0.2, 0) is 4.74 Å². The fourth-order valence-electron chi connectivity index (χ4n) is 1.21. The first-order valence-corrected chi connectivity index (χ1v) is 6.06. The van der Waals surface area contributed by atoms with Gasteiger partial charge in [0.15, 0.2) is 0 Å². The smallest absolute Gasteiger partial charge is 0.130 e. The predicted molar refractivity (Wildman–Crippen MR) is 61.3 cm³/mol. The van der Waals surface area contributed by atoms with Crippen LogP contribution in [0.15, 0.2) is 17.4 Å². The third-order valence-electron chi connectivity index (χ3n) is 2.09. The van der Waals surface area contributed by atoms with Gasteiger partial charge in [-0.1, -0.05) is 18.7 Å². The maximum Gasteiger partial charge on any atom is 0.130 e. The van der Waals surface area contributed by atoms with Gasteiger partial charge in [-0.05, 0) is 6.42 Å². The zero-order chi connectivity index (χ0) is 10.5. The van der Waals surface area contributed by atoms with Crippen molar-refractivity contribution in [2.24, 2.45) is 0 Å². The molecular formula is C10H15N3OS. The van der Waals surface area contributed by atoms with Gasteiger partial charge in [-0.15, -0.1) is 0 Å². The molecule has 2 rings (SSSR count). The summed E-state index contributed by atoms with van der Waals surface area (Å²) >= 11 is 1.76. The molecule has 0 radical (unpaired) electrons. The summed E-state index contributed by atoms with van der Waals surface area (Å²) in [6.07, 6.45) is 2.71. The van der Waals surface area contributed by atoms with Gasteiger partial charge in [-0.2, -0.15) is 0 Å². The standard InChI is InChI=1S/C10H15N3OS/c1-2-3-11-9-4-10(13-7-12-9)15-8-5-14-6-8/h4,7-8H,2-3,5-6H2,1H3,(H,11,12,13). The van der Waals surface area contributed by atoms with Crippen molar-refractivity contribution in [2.75, 3.05) is 25.1 Å². The molecule has 0 aromatic carbocycles. The molecule has 0 aliphatic carbocycles. The highest BCUT2D eigenvalue weighted by Crippen LogP contribution is 2.26. The molecule has 0 amide bonds. The van der Waals surface area contributed by atoms with Crippen LogP contribution < -0.4 is 5.32 Å². The molecule has 5 heteroatoms. The fraction of sp³-hybridized carbons (Fsp3) is 0.600. The van der Waals surface area contributed by atoms with Crippen LogP contribution in [0.1, 0.15) is 13.3 Å². The second-order valence-corrected chi connectivity index (χ2v) is 4.77. The fourth-order valence-corrected chi connectivity index (χ4v) is 2.16. The Morgan fingerprint density at radius 1 is 1.53 bits per heavy atom. The Kier molecular flexibility index (Phi) is 3.80. The maximum absolute atomic E-state index is 5.12. The minimum Gasteiger partial charge on any atom is -0.379 e. The van der Waals surface area contributed by atoms with Crippen molar-refractivity contribution >= 4 is 17.6 Å². The second-order valence-electron chi connectivity index (χ2n) is 3.45. The Balaban J connectivity index is 1.92. The van der Waals surface area contributed by atoms with E-state index in [0.717, 1.165) is 37.0 Å². The van der Waals surface area contributed by atoms with Crippen LogP contribution in [0.2, 0.25) is 0 Å². The van der Waals surface area contributed by atoms with E-state index in [4.69, 9.17) is 4.74 Å². The molecule has 0 saturated carbocycles. The van der Waals surface area contributed by atoms with E-state index >= 15 is 0 Å². The molecule has 1 fully saturated rings. The van der Waals surface area contributed by atoms with Crippen molar-refractivity contribution in [1.82, 2.24) is 9.97 Å². The van der Waals surface area contributed by atoms with Crippen molar-refractivity contribution in [3.8, 4) is 0 Å². The zero-order valence-corrected chi connectivity index (χ0v) is 9.59. The van der Waals surface area contributed by atoms with E-state index in [1.807, 2.05) is 6.07 Å². The Bertz CT molecular complexity index is 317. The summed E-state index contributed by atoms with van der Waals surface area (Å²) in [5.74, 6) is 0.912. The predicted octanol–water partition coefficient (Wildman–Crippen LogP) is 1.79. The molecule has 0 atom stereocenters. The van der Waals surface area contributed by atoms with Gasteiger partial charge >= 0.3 is 0 Å². The van der Waals surface area contributed by atoms with Crippen molar-refractivity contribution in [1.29, 1.82) is 0 Å². The third kappa shape index (κ3) is 3.07. The lowest BCUT2D eigenvalue weighted by molar-refractivity contribution is 0.0454. The number of hydrogen-bond acceptors (Lipinski definition) is 5. The second kappa shape index (κ2) is 5.32. The number of nitrogens with one attached hydrogen (secondary N) is 1. The van der Waals surface area contributed by atoms with Crippen molar-refractivity contribution in [3.05, 3.63) is 12.4 Å². The van der Waals surface area contributed by atoms with Gasteiger partial charge < -0.3 is 10.1 Å². The molecule has 1 saturated heterocycles. The molecule has 4 nitrogen and oxygen atoms in total. The summed E-state index contributed by atoms with van der Waals surface area (Å²) in [6.45, 7) is 4.77. The number of anilines is 1. The molecule has 1 N–H and O–H groups in total. The SMILES string of the molecule is CCCNc1cc(SC2COC2)ncn1. The molecular weight excluding hydrogens is 210 g/mol. The highest BCUT2D eigenvalue weighted by Gasteiger charge is 2.20. The molecule has 0 spiro atoms. The summed E-state index contributed by atoms with van der Waals surface area (Å²) in [4.78, 5) is 8.39. The lowest BCUT2D eigenvalue weighted by atomic mass is 10.4. The first kappa shape index (κ1) is 10.7. The summed E-state index contributed by atoms with van der Waals surface area (Å²) in [5, 5.41) is 4.84. The van der Waals surface area contributed by atoms with E-state index in [9.17, 15) is 0 Å². The average molecular weight is 225 g/mol. The highest BCUT2D eigenvalue weighted by atomic mass is 32.2. The van der Waals surface area contributed by atoms with E-state index in [1.54, 1.807) is 18.1 Å². The van der Waals surface area contributed by atoms with E-state index in [1.165, 1.54) is 0 Å². The Hall–Kier alpha value is -0.810. The summed E-state index contributed by atoms with van der Waals surface area (Å²) in [7, 11) is 0. The first-order chi connectivity index (χ1) is 7.38. The highest BCUT2D eigenvalue weighted by molar-refractivity contribution is 8.00. The molecule has 15 heavy (non-hydrogen) atoms. The van der Waals surface area contributed by atoms with Gasteiger partial charge in [0.25, 0.3) is 0 Å². The number of aromatic nitrogens is 2. The van der Waals surface area contributed by atoms with Crippen LogP contribution in [-0.4, -0.2) is 35.0 Å². The van der Waals surface area contributed by atoms with E-state index in [2.05, 4.69) is 22.2 Å². The molecule has 1 aliphatic rings.